The Morgan fingerprint density at radius 3 is 2.48 bits per heavy atom. The van der Waals surface area contributed by atoms with Gasteiger partial charge in [0.25, 0.3) is 0 Å². The van der Waals surface area contributed by atoms with Crippen molar-refractivity contribution in [3.63, 3.8) is 0 Å². The van der Waals surface area contributed by atoms with Gasteiger partial charge in [-0.15, -0.1) is 0 Å². The third-order valence-corrected chi connectivity index (χ3v) is 4.70. The predicted octanol–water partition coefficient (Wildman–Crippen LogP) is 5.22. The zero-order valence-electron chi connectivity index (χ0n) is 14.5. The maximum absolute atomic E-state index is 6.29. The van der Waals surface area contributed by atoms with Crippen LogP contribution in [-0.2, 0) is 6.54 Å². The number of rotatable bonds is 5. The van der Waals surface area contributed by atoms with Crippen molar-refractivity contribution in [3.05, 3.63) is 83.6 Å². The Hall–Kier alpha value is -3.31. The molecule has 0 saturated carbocycles. The van der Waals surface area contributed by atoms with E-state index in [4.69, 9.17) is 17.3 Å². The Morgan fingerprint density at radius 1 is 0.852 bits per heavy atom. The van der Waals surface area contributed by atoms with Gasteiger partial charge < -0.3 is 16.4 Å². The number of nitrogens with one attached hydrogen (secondary N) is 2. The third-order valence-electron chi connectivity index (χ3n) is 4.33. The van der Waals surface area contributed by atoms with Gasteiger partial charge in [-0.1, -0.05) is 66.2 Å². The topological polar surface area (TPSA) is 75.9 Å². The molecule has 0 spiro atoms. The van der Waals surface area contributed by atoms with Gasteiger partial charge >= 0.3 is 0 Å². The molecule has 0 aliphatic rings. The van der Waals surface area contributed by atoms with Crippen LogP contribution < -0.4 is 16.4 Å². The van der Waals surface area contributed by atoms with Crippen LogP contribution in [0.5, 0.6) is 0 Å². The third kappa shape index (κ3) is 3.64. The fourth-order valence-corrected chi connectivity index (χ4v) is 3.12. The molecule has 3 aromatic carbocycles. The molecule has 5 nitrogen and oxygen atoms in total. The molecule has 4 N–H and O–H groups in total. The van der Waals surface area contributed by atoms with Crippen molar-refractivity contribution >= 4 is 45.4 Å². The highest BCUT2D eigenvalue weighted by molar-refractivity contribution is 6.31. The predicted molar refractivity (Wildman–Crippen MR) is 112 cm³/mol. The largest absolute Gasteiger partial charge is 0.393 e. The second-order valence-electron chi connectivity index (χ2n) is 6.08. The molecule has 0 aliphatic carbocycles. The highest BCUT2D eigenvalue weighted by Gasteiger charge is 2.10. The highest BCUT2D eigenvalue weighted by atomic mass is 35.5. The van der Waals surface area contributed by atoms with Crippen LogP contribution in [0.2, 0.25) is 5.02 Å². The van der Waals surface area contributed by atoms with Crippen LogP contribution in [0.3, 0.4) is 0 Å². The number of fused-ring (bicyclic) bond motifs is 1. The number of nitrogen functional groups attached to an aromatic ring is 1. The Balaban J connectivity index is 1.59. The molecular weight excluding hydrogens is 358 g/mol. The molecule has 1 aromatic heterocycles. The van der Waals surface area contributed by atoms with Crippen LogP contribution in [0.15, 0.2) is 73.1 Å². The SMILES string of the molecule is Nc1c(NCc2ccccc2Cl)ncnc1Nc1cccc2ccccc12. The van der Waals surface area contributed by atoms with E-state index in [-0.39, 0.29) is 0 Å². The molecule has 0 aliphatic heterocycles. The van der Waals surface area contributed by atoms with Crippen LogP contribution in [0.4, 0.5) is 23.0 Å². The zero-order chi connectivity index (χ0) is 18.6. The number of nitrogens with zero attached hydrogens (tertiary/aromatic N) is 2. The number of hydrogen-bond acceptors (Lipinski definition) is 5. The molecule has 1 heterocycles. The Labute approximate surface area is 162 Å². The van der Waals surface area contributed by atoms with E-state index in [1.807, 2.05) is 48.5 Å². The van der Waals surface area contributed by atoms with E-state index in [0.29, 0.717) is 28.9 Å². The van der Waals surface area contributed by atoms with E-state index < -0.39 is 0 Å². The number of anilines is 4. The van der Waals surface area contributed by atoms with Gasteiger partial charge in [-0.3, -0.25) is 0 Å². The molecule has 134 valence electrons. The summed E-state index contributed by atoms with van der Waals surface area (Å²) in [7, 11) is 0. The molecule has 0 atom stereocenters. The lowest BCUT2D eigenvalue weighted by Crippen LogP contribution is -2.08. The first-order valence-corrected chi connectivity index (χ1v) is 8.93. The molecule has 0 bridgehead atoms. The van der Waals surface area contributed by atoms with Crippen LogP contribution in [0.25, 0.3) is 10.8 Å². The van der Waals surface area contributed by atoms with E-state index >= 15 is 0 Å². The number of hydrogen-bond donors (Lipinski definition) is 3. The lowest BCUT2D eigenvalue weighted by atomic mass is 10.1. The number of nitrogens with two attached hydrogens (primary N) is 1. The number of aromatic nitrogens is 2. The van der Waals surface area contributed by atoms with Crippen LogP contribution in [-0.4, -0.2) is 9.97 Å². The highest BCUT2D eigenvalue weighted by Crippen LogP contribution is 2.30. The molecule has 0 amide bonds. The minimum absolute atomic E-state index is 0.456. The molecule has 0 fully saturated rings. The summed E-state index contributed by atoms with van der Waals surface area (Å²) < 4.78 is 0. The van der Waals surface area contributed by atoms with Crippen LogP contribution in [0, 0.1) is 0 Å². The van der Waals surface area contributed by atoms with Crippen molar-refractivity contribution < 1.29 is 0 Å². The first-order chi connectivity index (χ1) is 13.2. The maximum atomic E-state index is 6.29. The normalized spacial score (nSPS) is 10.7. The maximum Gasteiger partial charge on any atom is 0.159 e. The van der Waals surface area contributed by atoms with Gasteiger partial charge in [-0.25, -0.2) is 9.97 Å². The fraction of sp³-hybridized carbons (Fsp3) is 0.0476. The number of benzene rings is 3. The summed E-state index contributed by atoms with van der Waals surface area (Å²) in [6.45, 7) is 0.522. The van der Waals surface area contributed by atoms with Crippen LogP contribution in [0.1, 0.15) is 5.56 Å². The summed E-state index contributed by atoms with van der Waals surface area (Å²) >= 11 is 6.21. The summed E-state index contributed by atoms with van der Waals surface area (Å²) in [5.41, 5.74) is 8.66. The minimum atomic E-state index is 0.456. The second-order valence-corrected chi connectivity index (χ2v) is 6.49. The Bertz CT molecular complexity index is 1090. The summed E-state index contributed by atoms with van der Waals surface area (Å²) in [4.78, 5) is 8.56. The smallest absolute Gasteiger partial charge is 0.159 e. The van der Waals surface area contributed by atoms with Crippen LogP contribution >= 0.6 is 11.6 Å². The quantitative estimate of drug-likeness (QED) is 0.445. The monoisotopic (exact) mass is 375 g/mol. The Kier molecular flexibility index (Phi) is 4.77. The second kappa shape index (κ2) is 7.51. The van der Waals surface area contributed by atoms with Crippen molar-refractivity contribution in [2.75, 3.05) is 16.4 Å². The first-order valence-electron chi connectivity index (χ1n) is 8.55. The van der Waals surface area contributed by atoms with Crippen molar-refractivity contribution in [2.45, 2.75) is 6.54 Å². The minimum Gasteiger partial charge on any atom is -0.393 e. The molecule has 0 unspecified atom stereocenters. The molecule has 0 radical (unpaired) electrons. The number of halogens is 1. The van der Waals surface area contributed by atoms with Gasteiger partial charge in [0.05, 0.1) is 0 Å². The molecule has 4 aromatic rings. The van der Waals surface area contributed by atoms with E-state index in [9.17, 15) is 0 Å². The summed E-state index contributed by atoms with van der Waals surface area (Å²) in [6, 6.07) is 21.9. The zero-order valence-corrected chi connectivity index (χ0v) is 15.2. The summed E-state index contributed by atoms with van der Waals surface area (Å²) in [5, 5.41) is 9.50. The van der Waals surface area contributed by atoms with E-state index in [1.165, 1.54) is 6.33 Å². The fourth-order valence-electron chi connectivity index (χ4n) is 2.92. The van der Waals surface area contributed by atoms with Gasteiger partial charge in [0, 0.05) is 22.6 Å². The summed E-state index contributed by atoms with van der Waals surface area (Å²) in [5.74, 6) is 1.12. The van der Waals surface area contributed by atoms with Gasteiger partial charge in [-0.05, 0) is 23.1 Å². The average Bonchev–Trinajstić information content (AvgIpc) is 2.70. The lowest BCUT2D eigenvalue weighted by molar-refractivity contribution is 1.09. The molecule has 0 saturated heterocycles. The van der Waals surface area contributed by atoms with E-state index in [1.54, 1.807) is 0 Å². The molecular formula is C21H18ClN5. The molecule has 27 heavy (non-hydrogen) atoms. The van der Waals surface area contributed by atoms with Crippen molar-refractivity contribution in [2.24, 2.45) is 0 Å². The molecule has 6 heteroatoms. The molecule has 4 rings (SSSR count). The lowest BCUT2D eigenvalue weighted by Gasteiger charge is -2.14. The van der Waals surface area contributed by atoms with Crippen molar-refractivity contribution in [1.82, 2.24) is 9.97 Å². The Morgan fingerprint density at radius 2 is 1.59 bits per heavy atom. The average molecular weight is 376 g/mol. The van der Waals surface area contributed by atoms with Gasteiger partial charge in [0.2, 0.25) is 0 Å². The van der Waals surface area contributed by atoms with E-state index in [0.717, 1.165) is 22.0 Å². The van der Waals surface area contributed by atoms with Crippen molar-refractivity contribution in [1.29, 1.82) is 0 Å². The van der Waals surface area contributed by atoms with Gasteiger partial charge in [0.15, 0.2) is 11.6 Å². The summed E-state index contributed by atoms with van der Waals surface area (Å²) in [6.07, 6.45) is 1.48. The van der Waals surface area contributed by atoms with Crippen molar-refractivity contribution in [3.8, 4) is 0 Å². The first kappa shape index (κ1) is 17.1. The van der Waals surface area contributed by atoms with Gasteiger partial charge in [-0.2, -0.15) is 0 Å². The van der Waals surface area contributed by atoms with E-state index in [2.05, 4.69) is 38.8 Å². The van der Waals surface area contributed by atoms with Gasteiger partial charge in [0.1, 0.15) is 12.0 Å². The standard InChI is InChI=1S/C21H18ClN5/c22-17-10-4-2-7-15(17)12-24-20-19(23)21(26-13-25-20)27-18-11-5-8-14-6-1-3-9-16(14)18/h1-11,13H,12,23H2,(H2,24,25,26,27).